The molecule has 1 saturated heterocycles. The third-order valence-corrected chi connectivity index (χ3v) is 7.65. The van der Waals surface area contributed by atoms with E-state index in [-0.39, 0.29) is 32.0 Å². The van der Waals surface area contributed by atoms with Gasteiger partial charge in [-0.05, 0) is 18.6 Å². The number of pyridine rings is 1. The van der Waals surface area contributed by atoms with Gasteiger partial charge in [-0.1, -0.05) is 109 Å². The number of aromatic nitrogens is 1. The van der Waals surface area contributed by atoms with Gasteiger partial charge in [0, 0.05) is 26.1 Å². The van der Waals surface area contributed by atoms with E-state index in [1.165, 1.54) is 96.8 Å². The fourth-order valence-corrected chi connectivity index (χ4v) is 5.05. The number of carbonyl (C=O) groups is 3. The molecule has 0 aliphatic carbocycles. The van der Waals surface area contributed by atoms with Crippen molar-refractivity contribution in [1.29, 1.82) is 0 Å². The molecule has 2 atom stereocenters. The lowest BCUT2D eigenvalue weighted by molar-refractivity contribution is -0.160. The molecular formula is C33H55N3O6. The molecule has 2 unspecified atom stereocenters. The number of alkyl carbamates (subject to hydrolysis) is 1. The molecule has 1 aliphatic heterocycles. The fraction of sp³-hybridized carbons (Fsp3) is 0.758. The van der Waals surface area contributed by atoms with E-state index in [4.69, 9.17) is 14.2 Å². The van der Waals surface area contributed by atoms with E-state index < -0.39 is 18.1 Å². The van der Waals surface area contributed by atoms with Crippen LogP contribution in [0.2, 0.25) is 0 Å². The molecule has 0 radical (unpaired) electrons. The van der Waals surface area contributed by atoms with Crippen LogP contribution in [0.3, 0.4) is 0 Å². The molecule has 2 rings (SSSR count). The highest BCUT2D eigenvalue weighted by Gasteiger charge is 2.33. The Balaban J connectivity index is 1.35. The minimum atomic E-state index is -0.732. The minimum Gasteiger partial charge on any atom is -0.447 e. The van der Waals surface area contributed by atoms with E-state index in [9.17, 15) is 14.4 Å². The number of amides is 3. The molecule has 9 nitrogen and oxygen atoms in total. The first kappa shape index (κ1) is 35.5. The zero-order valence-corrected chi connectivity index (χ0v) is 26.2. The summed E-state index contributed by atoms with van der Waals surface area (Å²) in [6, 6.07) is 5.29. The summed E-state index contributed by atoms with van der Waals surface area (Å²) in [5, 5.41) is 2.80. The van der Waals surface area contributed by atoms with Gasteiger partial charge in [0.2, 0.25) is 5.91 Å². The zero-order chi connectivity index (χ0) is 30.3. The van der Waals surface area contributed by atoms with Crippen molar-refractivity contribution >= 4 is 18.1 Å². The van der Waals surface area contributed by atoms with E-state index in [2.05, 4.69) is 17.2 Å². The van der Waals surface area contributed by atoms with Gasteiger partial charge in [-0.3, -0.25) is 9.78 Å². The molecule has 0 bridgehead atoms. The summed E-state index contributed by atoms with van der Waals surface area (Å²) < 4.78 is 16.1. The first-order valence-corrected chi connectivity index (χ1v) is 16.4. The van der Waals surface area contributed by atoms with Crippen LogP contribution in [-0.4, -0.2) is 59.9 Å². The van der Waals surface area contributed by atoms with Crippen LogP contribution in [0.5, 0.6) is 0 Å². The van der Waals surface area contributed by atoms with Crippen LogP contribution in [0.15, 0.2) is 24.4 Å². The van der Waals surface area contributed by atoms with Gasteiger partial charge in [0.1, 0.15) is 13.2 Å². The van der Waals surface area contributed by atoms with Crippen molar-refractivity contribution < 1.29 is 28.6 Å². The van der Waals surface area contributed by atoms with Gasteiger partial charge in [-0.2, -0.15) is 0 Å². The molecule has 1 aromatic heterocycles. The second-order valence-electron chi connectivity index (χ2n) is 11.4. The van der Waals surface area contributed by atoms with Gasteiger partial charge in [0.25, 0.3) is 0 Å². The fourth-order valence-electron chi connectivity index (χ4n) is 5.05. The number of ether oxygens (including phenoxy) is 3. The number of hydrogen-bond acceptors (Lipinski definition) is 7. The summed E-state index contributed by atoms with van der Waals surface area (Å²) in [5.74, 6) is -0.419. The Morgan fingerprint density at radius 1 is 0.833 bits per heavy atom. The molecular weight excluding hydrogens is 534 g/mol. The summed E-state index contributed by atoms with van der Waals surface area (Å²) in [5.41, 5.74) is 0.592. The molecule has 238 valence electrons. The molecule has 0 aromatic carbocycles. The minimum absolute atomic E-state index is 0.0345. The Kier molecular flexibility index (Phi) is 19.3. The molecule has 9 heteroatoms. The molecule has 2 heterocycles. The third-order valence-electron chi connectivity index (χ3n) is 7.65. The first-order chi connectivity index (χ1) is 20.5. The van der Waals surface area contributed by atoms with Gasteiger partial charge >= 0.3 is 12.2 Å². The van der Waals surface area contributed by atoms with Gasteiger partial charge in [0.05, 0.1) is 24.4 Å². The number of imide groups is 1. The SMILES string of the molecule is CCCCCCCCCCCCCCCCCCNC(=O)OCC1CC(COC(=O)N(Cc2ccccn2)C(C)=O)O1. The maximum Gasteiger partial charge on any atom is 0.416 e. The maximum absolute atomic E-state index is 12.3. The number of unbranched alkanes of at least 4 members (excludes halogenated alkanes) is 15. The molecule has 0 saturated carbocycles. The summed E-state index contributed by atoms with van der Waals surface area (Å²) in [6.07, 6.45) is 21.7. The van der Waals surface area contributed by atoms with E-state index in [1.807, 2.05) is 0 Å². The molecule has 42 heavy (non-hydrogen) atoms. The quantitative estimate of drug-likeness (QED) is 0.130. The van der Waals surface area contributed by atoms with E-state index in [1.54, 1.807) is 24.4 Å². The second kappa shape index (κ2) is 22.9. The van der Waals surface area contributed by atoms with Crippen molar-refractivity contribution in [3.63, 3.8) is 0 Å². The molecule has 1 N–H and O–H groups in total. The Morgan fingerprint density at radius 2 is 1.36 bits per heavy atom. The van der Waals surface area contributed by atoms with Gasteiger partial charge in [-0.15, -0.1) is 0 Å². The van der Waals surface area contributed by atoms with E-state index in [0.29, 0.717) is 18.7 Å². The Morgan fingerprint density at radius 3 is 1.86 bits per heavy atom. The number of nitrogens with one attached hydrogen (secondary N) is 1. The maximum atomic E-state index is 12.3. The van der Waals surface area contributed by atoms with Crippen molar-refractivity contribution in [2.45, 2.75) is 142 Å². The number of nitrogens with zero attached hydrogens (tertiary/aromatic N) is 2. The van der Waals surface area contributed by atoms with Crippen molar-refractivity contribution in [2.75, 3.05) is 19.8 Å². The molecule has 0 spiro atoms. The van der Waals surface area contributed by atoms with Crippen molar-refractivity contribution in [3.05, 3.63) is 30.1 Å². The van der Waals surface area contributed by atoms with Crippen LogP contribution in [0.1, 0.15) is 129 Å². The van der Waals surface area contributed by atoms with Crippen LogP contribution < -0.4 is 5.32 Å². The van der Waals surface area contributed by atoms with Crippen LogP contribution in [-0.2, 0) is 25.5 Å². The summed E-state index contributed by atoms with van der Waals surface area (Å²) >= 11 is 0. The van der Waals surface area contributed by atoms with Gasteiger partial charge in [-0.25, -0.2) is 14.5 Å². The molecule has 1 aliphatic rings. The zero-order valence-electron chi connectivity index (χ0n) is 26.2. The summed E-state index contributed by atoms with van der Waals surface area (Å²) in [7, 11) is 0. The van der Waals surface area contributed by atoms with Gasteiger partial charge in [0.15, 0.2) is 0 Å². The van der Waals surface area contributed by atoms with Crippen molar-refractivity contribution in [3.8, 4) is 0 Å². The summed E-state index contributed by atoms with van der Waals surface area (Å²) in [4.78, 5) is 41.3. The molecule has 3 amide bonds. The lowest BCUT2D eigenvalue weighted by Gasteiger charge is -2.35. The Hall–Kier alpha value is -2.68. The lowest BCUT2D eigenvalue weighted by Crippen LogP contribution is -2.45. The molecule has 1 fully saturated rings. The number of hydrogen-bond donors (Lipinski definition) is 1. The predicted octanol–water partition coefficient (Wildman–Crippen LogP) is 7.71. The van der Waals surface area contributed by atoms with Gasteiger partial charge < -0.3 is 19.5 Å². The van der Waals surface area contributed by atoms with Crippen molar-refractivity contribution in [2.24, 2.45) is 0 Å². The molecule has 1 aromatic rings. The standard InChI is InChI=1S/C33H55N3O6/c1-3-4-5-6-7-8-9-10-11-12-13-14-15-16-17-19-23-35-32(38)40-26-30-24-31(42-30)27-41-33(39)36(28(2)37)25-29-21-18-20-22-34-29/h18,20-22,30-31H,3-17,19,23-27H2,1-2H3,(H,35,38). The second-order valence-corrected chi connectivity index (χ2v) is 11.4. The summed E-state index contributed by atoms with van der Waals surface area (Å²) in [6.45, 7) is 4.44. The van der Waals surface area contributed by atoms with Crippen LogP contribution in [0, 0.1) is 0 Å². The highest BCUT2D eigenvalue weighted by atomic mass is 16.6. The van der Waals surface area contributed by atoms with Crippen LogP contribution in [0.25, 0.3) is 0 Å². The average Bonchev–Trinajstić information content (AvgIpc) is 2.96. The first-order valence-electron chi connectivity index (χ1n) is 16.4. The monoisotopic (exact) mass is 589 g/mol. The largest absolute Gasteiger partial charge is 0.447 e. The van der Waals surface area contributed by atoms with E-state index >= 15 is 0 Å². The van der Waals surface area contributed by atoms with Crippen LogP contribution >= 0.6 is 0 Å². The predicted molar refractivity (Wildman–Crippen MR) is 164 cm³/mol. The normalized spacial score (nSPS) is 16.0. The highest BCUT2D eigenvalue weighted by molar-refractivity contribution is 5.90. The highest BCUT2D eigenvalue weighted by Crippen LogP contribution is 2.21. The third kappa shape index (κ3) is 16.7. The van der Waals surface area contributed by atoms with E-state index in [0.717, 1.165) is 17.7 Å². The smallest absolute Gasteiger partial charge is 0.416 e. The average molecular weight is 590 g/mol. The Labute approximate surface area is 253 Å². The lowest BCUT2D eigenvalue weighted by atomic mass is 10.0. The topological polar surface area (TPSA) is 107 Å². The number of carbonyl (C=O) groups excluding carboxylic acids is 3. The Bertz CT molecular complexity index is 863. The number of rotatable bonds is 23. The van der Waals surface area contributed by atoms with Crippen LogP contribution in [0.4, 0.5) is 9.59 Å². The van der Waals surface area contributed by atoms with Crippen molar-refractivity contribution in [1.82, 2.24) is 15.2 Å².